The van der Waals surface area contributed by atoms with E-state index in [9.17, 15) is 0 Å². The maximum Gasteiger partial charge on any atom is 0.191 e. The highest BCUT2D eigenvalue weighted by atomic mass is 127. The molecule has 0 spiro atoms. The Kier molecular flexibility index (Phi) is 11.3. The third-order valence-electron chi connectivity index (χ3n) is 2.66. The zero-order valence-corrected chi connectivity index (χ0v) is 15.8. The smallest absolute Gasteiger partial charge is 0.191 e. The van der Waals surface area contributed by atoms with Crippen LogP contribution in [0.3, 0.4) is 0 Å². The largest absolute Gasteiger partial charge is 0.493 e. The quantitative estimate of drug-likeness (QED) is 0.295. The molecule has 5 nitrogen and oxygen atoms in total. The van der Waals surface area contributed by atoms with Gasteiger partial charge in [0.05, 0.1) is 13.7 Å². The van der Waals surface area contributed by atoms with E-state index in [1.165, 1.54) is 0 Å². The minimum Gasteiger partial charge on any atom is -0.493 e. The second kappa shape index (κ2) is 12.1. The third kappa shape index (κ3) is 7.53. The lowest BCUT2D eigenvalue weighted by molar-refractivity contribution is 0.219. The van der Waals surface area contributed by atoms with Crippen molar-refractivity contribution in [3.05, 3.63) is 36.9 Å². The molecule has 0 amide bonds. The Balaban J connectivity index is 0.00000441. The molecule has 0 saturated heterocycles. The number of methoxy groups -OCH3 is 1. The molecule has 0 aromatic heterocycles. The number of nitrogens with one attached hydrogen (secondary N) is 2. The van der Waals surface area contributed by atoms with E-state index < -0.39 is 0 Å². The molecule has 1 unspecified atom stereocenters. The molecule has 0 fully saturated rings. The zero-order chi connectivity index (χ0) is 15.5. The number of hydrogen-bond acceptors (Lipinski definition) is 3. The molecule has 1 atom stereocenters. The van der Waals surface area contributed by atoms with E-state index in [0.717, 1.165) is 24.0 Å². The van der Waals surface area contributed by atoms with Crippen molar-refractivity contribution >= 4 is 29.9 Å². The molecule has 6 heteroatoms. The molecule has 22 heavy (non-hydrogen) atoms. The molecule has 0 aliphatic carbocycles. The van der Waals surface area contributed by atoms with Crippen LogP contribution in [0, 0.1) is 0 Å². The molecule has 1 aromatic carbocycles. The molecular weight excluding hydrogens is 393 g/mol. The third-order valence-corrected chi connectivity index (χ3v) is 2.66. The van der Waals surface area contributed by atoms with E-state index >= 15 is 0 Å². The highest BCUT2D eigenvalue weighted by Crippen LogP contribution is 2.26. The van der Waals surface area contributed by atoms with Crippen LogP contribution in [0.1, 0.15) is 13.8 Å². The summed E-state index contributed by atoms with van der Waals surface area (Å²) in [6.45, 7) is 9.72. The van der Waals surface area contributed by atoms with Crippen LogP contribution in [-0.2, 0) is 0 Å². The van der Waals surface area contributed by atoms with Gasteiger partial charge in [0, 0.05) is 13.1 Å². The first kappa shape index (κ1) is 20.6. The Hall–Kier alpha value is -1.44. The van der Waals surface area contributed by atoms with Gasteiger partial charge in [0.25, 0.3) is 0 Å². The van der Waals surface area contributed by atoms with Crippen molar-refractivity contribution in [2.75, 3.05) is 26.7 Å². The first-order valence-electron chi connectivity index (χ1n) is 7.14. The predicted octanol–water partition coefficient (Wildman–Crippen LogP) is 2.82. The fraction of sp³-hybridized carbons (Fsp3) is 0.438. The van der Waals surface area contributed by atoms with Crippen LogP contribution in [0.2, 0.25) is 0 Å². The average Bonchev–Trinajstić information content (AvgIpc) is 2.50. The number of nitrogens with zero attached hydrogens (tertiary/aromatic N) is 1. The van der Waals surface area contributed by atoms with Crippen molar-refractivity contribution in [1.82, 2.24) is 10.6 Å². The Morgan fingerprint density at radius 3 is 2.59 bits per heavy atom. The summed E-state index contributed by atoms with van der Waals surface area (Å²) in [5.41, 5.74) is 0. The van der Waals surface area contributed by atoms with Crippen LogP contribution in [0.5, 0.6) is 11.5 Å². The van der Waals surface area contributed by atoms with Gasteiger partial charge in [-0.15, -0.1) is 30.6 Å². The van der Waals surface area contributed by atoms with Crippen molar-refractivity contribution in [3.63, 3.8) is 0 Å². The highest BCUT2D eigenvalue weighted by molar-refractivity contribution is 14.0. The van der Waals surface area contributed by atoms with Crippen LogP contribution < -0.4 is 20.1 Å². The van der Waals surface area contributed by atoms with Crippen molar-refractivity contribution < 1.29 is 9.47 Å². The van der Waals surface area contributed by atoms with E-state index in [4.69, 9.17) is 9.47 Å². The second-order valence-corrected chi connectivity index (χ2v) is 4.47. The summed E-state index contributed by atoms with van der Waals surface area (Å²) in [6.07, 6.45) is 1.74. The highest BCUT2D eigenvalue weighted by Gasteiger charge is 2.08. The minimum atomic E-state index is -0.0551. The predicted molar refractivity (Wildman–Crippen MR) is 103 cm³/mol. The second-order valence-electron chi connectivity index (χ2n) is 4.47. The van der Waals surface area contributed by atoms with E-state index in [2.05, 4.69) is 22.2 Å². The first-order valence-corrected chi connectivity index (χ1v) is 7.14. The fourth-order valence-corrected chi connectivity index (χ4v) is 1.70. The molecule has 0 saturated carbocycles. The van der Waals surface area contributed by atoms with Gasteiger partial charge in [0.2, 0.25) is 0 Å². The van der Waals surface area contributed by atoms with Crippen molar-refractivity contribution in [2.24, 2.45) is 4.99 Å². The molecule has 0 aliphatic rings. The maximum atomic E-state index is 5.86. The number of benzene rings is 1. The average molecular weight is 419 g/mol. The number of ether oxygens (including phenoxy) is 2. The zero-order valence-electron chi connectivity index (χ0n) is 13.5. The minimum absolute atomic E-state index is 0. The van der Waals surface area contributed by atoms with Gasteiger partial charge in [0.15, 0.2) is 17.5 Å². The number of hydrogen-bond donors (Lipinski definition) is 2. The normalized spacial score (nSPS) is 11.9. The van der Waals surface area contributed by atoms with E-state index in [0.29, 0.717) is 13.1 Å². The molecule has 0 radical (unpaired) electrons. The van der Waals surface area contributed by atoms with Crippen molar-refractivity contribution in [2.45, 2.75) is 20.0 Å². The summed E-state index contributed by atoms with van der Waals surface area (Å²) in [7, 11) is 1.63. The summed E-state index contributed by atoms with van der Waals surface area (Å²) < 4.78 is 11.1. The molecule has 1 aromatic rings. The summed E-state index contributed by atoms with van der Waals surface area (Å²) in [5.74, 6) is 2.21. The van der Waals surface area contributed by atoms with E-state index in [-0.39, 0.29) is 30.1 Å². The Morgan fingerprint density at radius 1 is 1.32 bits per heavy atom. The molecule has 0 heterocycles. The molecule has 0 bridgehead atoms. The SMILES string of the molecule is C=CCNC(=NCC(C)Oc1ccccc1OC)NCC.I. The lowest BCUT2D eigenvalue weighted by Gasteiger charge is -2.16. The number of aliphatic imine (C=N–C) groups is 1. The van der Waals surface area contributed by atoms with Crippen molar-refractivity contribution in [3.8, 4) is 11.5 Å². The van der Waals surface area contributed by atoms with Gasteiger partial charge in [-0.05, 0) is 26.0 Å². The van der Waals surface area contributed by atoms with Gasteiger partial charge in [-0.3, -0.25) is 0 Å². The summed E-state index contributed by atoms with van der Waals surface area (Å²) in [5, 5.41) is 6.32. The van der Waals surface area contributed by atoms with Crippen LogP contribution in [0.15, 0.2) is 41.9 Å². The Morgan fingerprint density at radius 2 is 2.00 bits per heavy atom. The van der Waals surface area contributed by atoms with Gasteiger partial charge >= 0.3 is 0 Å². The van der Waals surface area contributed by atoms with Crippen LogP contribution in [0.25, 0.3) is 0 Å². The van der Waals surface area contributed by atoms with Crippen LogP contribution in [-0.4, -0.2) is 38.8 Å². The van der Waals surface area contributed by atoms with E-state index in [1.807, 2.05) is 38.1 Å². The first-order chi connectivity index (χ1) is 10.2. The monoisotopic (exact) mass is 419 g/mol. The van der Waals surface area contributed by atoms with Gasteiger partial charge in [0.1, 0.15) is 6.10 Å². The standard InChI is InChI=1S/C16H25N3O2.HI/c1-5-11-18-16(17-6-2)19-12-13(3)21-15-10-8-7-9-14(15)20-4;/h5,7-10,13H,1,6,11-12H2,2-4H3,(H2,17,18,19);1H. The van der Waals surface area contributed by atoms with Crippen LogP contribution in [0.4, 0.5) is 0 Å². The fourth-order valence-electron chi connectivity index (χ4n) is 1.70. The number of para-hydroxylation sites is 2. The summed E-state index contributed by atoms with van der Waals surface area (Å²) in [6, 6.07) is 7.60. The topological polar surface area (TPSA) is 54.9 Å². The summed E-state index contributed by atoms with van der Waals surface area (Å²) >= 11 is 0. The lowest BCUT2D eigenvalue weighted by Crippen LogP contribution is -2.38. The lowest BCUT2D eigenvalue weighted by atomic mass is 10.3. The van der Waals surface area contributed by atoms with Crippen LogP contribution >= 0.6 is 24.0 Å². The maximum absolute atomic E-state index is 5.86. The van der Waals surface area contributed by atoms with Gasteiger partial charge in [-0.2, -0.15) is 0 Å². The van der Waals surface area contributed by atoms with Gasteiger partial charge < -0.3 is 20.1 Å². The molecule has 2 N–H and O–H groups in total. The number of guanidine groups is 1. The Bertz CT molecular complexity index is 466. The molecule has 124 valence electrons. The summed E-state index contributed by atoms with van der Waals surface area (Å²) in [4.78, 5) is 4.48. The Labute approximate surface area is 150 Å². The van der Waals surface area contributed by atoms with Gasteiger partial charge in [-0.1, -0.05) is 18.2 Å². The molecular formula is C16H26IN3O2. The number of halogens is 1. The van der Waals surface area contributed by atoms with Crippen molar-refractivity contribution in [1.29, 1.82) is 0 Å². The van der Waals surface area contributed by atoms with E-state index in [1.54, 1.807) is 13.2 Å². The van der Waals surface area contributed by atoms with Gasteiger partial charge in [-0.25, -0.2) is 4.99 Å². The molecule has 1 rings (SSSR count). The number of rotatable bonds is 8. The molecule has 0 aliphatic heterocycles.